The predicted molar refractivity (Wildman–Crippen MR) is 148 cm³/mol. The van der Waals surface area contributed by atoms with Gasteiger partial charge in [-0.05, 0) is 73.1 Å². The van der Waals surface area contributed by atoms with Gasteiger partial charge in [-0.1, -0.05) is 44.0 Å². The Labute approximate surface area is 226 Å². The summed E-state index contributed by atoms with van der Waals surface area (Å²) in [5.74, 6) is -1.00. The van der Waals surface area contributed by atoms with Crippen LogP contribution in [0, 0.1) is 0 Å². The van der Waals surface area contributed by atoms with Gasteiger partial charge < -0.3 is 21.5 Å². The fraction of sp³-hybridized carbons (Fsp3) is 0.357. The number of nitrogens with one attached hydrogen (secondary N) is 1. The number of ether oxygens (including phenoxy) is 1. The summed E-state index contributed by atoms with van der Waals surface area (Å²) in [6.07, 6.45) is 4.71. The van der Waals surface area contributed by atoms with Crippen LogP contribution in [-0.2, 0) is 11.2 Å². The van der Waals surface area contributed by atoms with Crippen LogP contribution in [-0.4, -0.2) is 34.7 Å². The van der Waals surface area contributed by atoms with Gasteiger partial charge in [0.1, 0.15) is 16.7 Å². The van der Waals surface area contributed by atoms with E-state index in [9.17, 15) is 14.4 Å². The van der Waals surface area contributed by atoms with E-state index < -0.39 is 17.9 Å². The van der Waals surface area contributed by atoms with Crippen LogP contribution < -0.4 is 26.4 Å². The van der Waals surface area contributed by atoms with E-state index in [4.69, 9.17) is 16.2 Å². The number of nitrogen functional groups attached to an aromatic ring is 1. The molecule has 1 aliphatic rings. The molecule has 0 radical (unpaired) electrons. The Morgan fingerprint density at radius 2 is 1.74 bits per heavy atom. The summed E-state index contributed by atoms with van der Waals surface area (Å²) in [4.78, 5) is 41.3. The maximum absolute atomic E-state index is 14.1. The van der Waals surface area contributed by atoms with Crippen LogP contribution in [0.1, 0.15) is 76.9 Å². The maximum Gasteiger partial charge on any atom is 0.273 e. The Morgan fingerprint density at radius 3 is 2.29 bits per heavy atom. The summed E-state index contributed by atoms with van der Waals surface area (Å²) >= 11 is 0.791. The van der Waals surface area contributed by atoms with Crippen molar-refractivity contribution in [3.05, 3.63) is 70.2 Å². The van der Waals surface area contributed by atoms with Crippen LogP contribution in [0.25, 0.3) is 0 Å². The van der Waals surface area contributed by atoms with E-state index in [1.807, 2.05) is 38.1 Å². The second-order valence-electron chi connectivity index (χ2n) is 9.23. The summed E-state index contributed by atoms with van der Waals surface area (Å²) < 4.78 is 9.60. The highest BCUT2D eigenvalue weighted by Crippen LogP contribution is 2.34. The van der Waals surface area contributed by atoms with E-state index in [-0.39, 0.29) is 28.2 Å². The first-order chi connectivity index (χ1) is 18.3. The van der Waals surface area contributed by atoms with Crippen molar-refractivity contribution in [3.8, 4) is 5.75 Å². The molecule has 3 aromatic rings. The van der Waals surface area contributed by atoms with Crippen molar-refractivity contribution in [2.24, 2.45) is 5.73 Å². The van der Waals surface area contributed by atoms with Gasteiger partial charge in [0.05, 0.1) is 12.3 Å². The molecule has 1 fully saturated rings. The number of nitrogens with two attached hydrogens (primary N) is 2. The molecule has 5 N–H and O–H groups in total. The van der Waals surface area contributed by atoms with Crippen molar-refractivity contribution in [1.29, 1.82) is 0 Å². The third kappa shape index (κ3) is 5.80. The van der Waals surface area contributed by atoms with Crippen LogP contribution in [0.3, 0.4) is 0 Å². The summed E-state index contributed by atoms with van der Waals surface area (Å²) in [5.41, 5.74) is 13.5. The molecule has 1 aliphatic carbocycles. The normalized spacial score (nSPS) is 14.2. The van der Waals surface area contributed by atoms with Crippen molar-refractivity contribution in [3.63, 3.8) is 0 Å². The van der Waals surface area contributed by atoms with Crippen molar-refractivity contribution in [2.45, 2.75) is 58.0 Å². The first kappa shape index (κ1) is 27.1. The Kier molecular flexibility index (Phi) is 8.62. The number of rotatable bonds is 10. The van der Waals surface area contributed by atoms with E-state index in [0.29, 0.717) is 23.6 Å². The number of amides is 3. The van der Waals surface area contributed by atoms with E-state index >= 15 is 0 Å². The molecule has 1 atom stereocenters. The highest BCUT2D eigenvalue weighted by Gasteiger charge is 2.37. The highest BCUT2D eigenvalue weighted by molar-refractivity contribution is 7.09. The van der Waals surface area contributed by atoms with Crippen molar-refractivity contribution >= 4 is 40.6 Å². The molecule has 0 bridgehead atoms. The van der Waals surface area contributed by atoms with Gasteiger partial charge in [-0.25, -0.2) is 0 Å². The fourth-order valence-corrected chi connectivity index (χ4v) is 5.44. The number of benzene rings is 2. The number of hydrogen-bond acceptors (Lipinski definition) is 7. The Morgan fingerprint density at radius 1 is 1.08 bits per heavy atom. The average molecular weight is 536 g/mol. The molecule has 4 rings (SSSR count). The average Bonchev–Trinajstić information content (AvgIpc) is 3.57. The van der Waals surface area contributed by atoms with Gasteiger partial charge in [-0.3, -0.25) is 19.3 Å². The standard InChI is InChI=1S/C28H33N5O4S/c1-3-17-9-13-20(14-10-17)33(28(36)25-22(29)23(26(30)34)32-38-25)24(27(35)31-19-7-5-6-8-19)18-11-15-21(16-12-18)37-4-2/h9-16,19,24H,3-8,29H2,1-2H3,(H2,30,34)(H,31,35). The topological polar surface area (TPSA) is 141 Å². The van der Waals surface area contributed by atoms with Gasteiger partial charge >= 0.3 is 0 Å². The molecule has 9 nitrogen and oxygen atoms in total. The minimum Gasteiger partial charge on any atom is -0.494 e. The quantitative estimate of drug-likeness (QED) is 0.355. The van der Waals surface area contributed by atoms with Crippen LogP contribution >= 0.6 is 11.5 Å². The molecule has 1 heterocycles. The number of carbonyl (C=O) groups is 3. The van der Waals surface area contributed by atoms with Crippen LogP contribution in [0.4, 0.5) is 11.4 Å². The molecule has 0 saturated heterocycles. The van der Waals surface area contributed by atoms with Gasteiger partial charge in [0.15, 0.2) is 5.69 Å². The molecule has 1 saturated carbocycles. The molecule has 10 heteroatoms. The lowest BCUT2D eigenvalue weighted by atomic mass is 10.0. The molecule has 0 spiro atoms. The summed E-state index contributed by atoms with van der Waals surface area (Å²) in [7, 11) is 0. The predicted octanol–water partition coefficient (Wildman–Crippen LogP) is 4.23. The lowest BCUT2D eigenvalue weighted by Gasteiger charge is -2.32. The fourth-order valence-electron chi connectivity index (χ4n) is 4.70. The zero-order valence-corrected chi connectivity index (χ0v) is 22.4. The minimum absolute atomic E-state index is 0.0436. The Balaban J connectivity index is 1.84. The lowest BCUT2D eigenvalue weighted by molar-refractivity contribution is -0.123. The molecular weight excluding hydrogens is 502 g/mol. The SMILES string of the molecule is CCOc1ccc(C(C(=O)NC2CCCC2)N(C(=O)c2snc(C(N)=O)c2N)c2ccc(CC)cc2)cc1. The van der Waals surface area contributed by atoms with Crippen LogP contribution in [0.5, 0.6) is 5.75 Å². The van der Waals surface area contributed by atoms with Crippen molar-refractivity contribution < 1.29 is 19.1 Å². The minimum atomic E-state index is -1.01. The van der Waals surface area contributed by atoms with E-state index in [1.165, 1.54) is 4.90 Å². The summed E-state index contributed by atoms with van der Waals surface area (Å²) in [6.45, 7) is 4.44. The highest BCUT2D eigenvalue weighted by atomic mass is 32.1. The van der Waals surface area contributed by atoms with Crippen LogP contribution in [0.15, 0.2) is 48.5 Å². The number of anilines is 2. The molecule has 38 heavy (non-hydrogen) atoms. The lowest BCUT2D eigenvalue weighted by Crippen LogP contribution is -2.46. The number of aromatic nitrogens is 1. The van der Waals surface area contributed by atoms with E-state index in [1.54, 1.807) is 24.3 Å². The van der Waals surface area contributed by atoms with Gasteiger partial charge in [0, 0.05) is 11.7 Å². The van der Waals surface area contributed by atoms with Crippen molar-refractivity contribution in [1.82, 2.24) is 9.69 Å². The summed E-state index contributed by atoms with van der Waals surface area (Å²) in [6, 6.07) is 13.6. The second kappa shape index (κ2) is 12.1. The number of primary amides is 1. The Hall–Kier alpha value is -3.92. The number of nitrogens with zero attached hydrogens (tertiary/aromatic N) is 2. The molecular formula is C28H33N5O4S. The molecule has 0 aliphatic heterocycles. The number of carbonyl (C=O) groups excluding carboxylic acids is 3. The largest absolute Gasteiger partial charge is 0.494 e. The van der Waals surface area contributed by atoms with Gasteiger partial charge in [-0.15, -0.1) is 0 Å². The first-order valence-corrected chi connectivity index (χ1v) is 13.6. The number of hydrogen-bond donors (Lipinski definition) is 3. The number of aryl methyl sites for hydroxylation is 1. The maximum atomic E-state index is 14.1. The summed E-state index contributed by atoms with van der Waals surface area (Å²) in [5, 5.41) is 3.15. The van der Waals surface area contributed by atoms with Gasteiger partial charge in [-0.2, -0.15) is 4.37 Å². The molecule has 1 unspecified atom stereocenters. The third-order valence-corrected chi connectivity index (χ3v) is 7.56. The van der Waals surface area contributed by atoms with E-state index in [0.717, 1.165) is 49.2 Å². The third-order valence-electron chi connectivity index (χ3n) is 6.71. The molecule has 200 valence electrons. The zero-order valence-electron chi connectivity index (χ0n) is 21.6. The Bertz CT molecular complexity index is 1280. The molecule has 2 aromatic carbocycles. The van der Waals surface area contributed by atoms with Gasteiger partial charge in [0.25, 0.3) is 11.8 Å². The van der Waals surface area contributed by atoms with Crippen LogP contribution in [0.2, 0.25) is 0 Å². The zero-order chi connectivity index (χ0) is 27.2. The van der Waals surface area contributed by atoms with E-state index in [2.05, 4.69) is 9.69 Å². The smallest absolute Gasteiger partial charge is 0.273 e. The molecule has 3 amide bonds. The molecule has 1 aromatic heterocycles. The monoisotopic (exact) mass is 535 g/mol. The van der Waals surface area contributed by atoms with Gasteiger partial charge in [0.2, 0.25) is 5.91 Å². The first-order valence-electron chi connectivity index (χ1n) is 12.8. The second-order valence-corrected chi connectivity index (χ2v) is 10.0. The van der Waals surface area contributed by atoms with Crippen molar-refractivity contribution in [2.75, 3.05) is 17.2 Å².